The van der Waals surface area contributed by atoms with Gasteiger partial charge in [0, 0.05) is 29.4 Å². The van der Waals surface area contributed by atoms with Crippen molar-refractivity contribution in [1.29, 1.82) is 0 Å². The molecule has 0 spiro atoms. The van der Waals surface area contributed by atoms with E-state index in [0.29, 0.717) is 33.4 Å². The van der Waals surface area contributed by atoms with Crippen molar-refractivity contribution in [2.45, 2.75) is 12.3 Å². The molecular weight excluding hydrogens is 450 g/mol. The lowest BCUT2D eigenvalue weighted by Gasteiger charge is -2.25. The highest BCUT2D eigenvalue weighted by atomic mass is 16.5. The largest absolute Gasteiger partial charge is 0.497 e. The van der Waals surface area contributed by atoms with E-state index in [-0.39, 0.29) is 40.5 Å². The van der Waals surface area contributed by atoms with E-state index in [2.05, 4.69) is 4.98 Å². The highest BCUT2D eigenvalue weighted by molar-refractivity contribution is 6.15. The molecular formula is C27H17NO7. The second-order valence-corrected chi connectivity index (χ2v) is 8.19. The number of methoxy groups -OCH3 is 1. The quantitative estimate of drug-likeness (QED) is 0.250. The van der Waals surface area contributed by atoms with Crippen molar-refractivity contribution in [2.75, 3.05) is 7.11 Å². The van der Waals surface area contributed by atoms with Crippen molar-refractivity contribution in [3.8, 4) is 17.2 Å². The number of carbonyl (C=O) groups excluding carboxylic acids is 2. The Morgan fingerprint density at radius 2 is 1.97 bits per heavy atom. The van der Waals surface area contributed by atoms with Crippen LogP contribution in [0.15, 0.2) is 76.1 Å². The maximum atomic E-state index is 13.5. The number of ether oxygens (including phenoxy) is 3. The van der Waals surface area contributed by atoms with Crippen LogP contribution >= 0.6 is 0 Å². The number of pyridine rings is 1. The number of ketones is 1. The first-order chi connectivity index (χ1) is 17.0. The molecule has 2 aliphatic rings. The number of rotatable bonds is 3. The number of aromatic nitrogens is 1. The van der Waals surface area contributed by atoms with Gasteiger partial charge in [-0.2, -0.15) is 0 Å². The van der Waals surface area contributed by atoms with E-state index < -0.39 is 11.9 Å². The molecule has 0 aliphatic carbocycles. The summed E-state index contributed by atoms with van der Waals surface area (Å²) in [4.78, 5) is 43.1. The van der Waals surface area contributed by atoms with Crippen LogP contribution in [0.1, 0.15) is 39.4 Å². The Balaban J connectivity index is 1.51. The fourth-order valence-corrected chi connectivity index (χ4v) is 4.48. The van der Waals surface area contributed by atoms with Crippen LogP contribution in [0.5, 0.6) is 17.2 Å². The van der Waals surface area contributed by atoms with Crippen molar-refractivity contribution in [2.24, 2.45) is 0 Å². The number of esters is 1. The molecule has 0 saturated heterocycles. The molecule has 4 aromatic rings. The fourth-order valence-electron chi connectivity index (χ4n) is 4.48. The summed E-state index contributed by atoms with van der Waals surface area (Å²) in [7, 11) is 1.51. The maximum absolute atomic E-state index is 13.5. The minimum atomic E-state index is -0.724. The summed E-state index contributed by atoms with van der Waals surface area (Å²) >= 11 is 0. The summed E-state index contributed by atoms with van der Waals surface area (Å²) in [6.07, 6.45) is 6.09. The molecule has 0 N–H and O–H groups in total. The number of hydrogen-bond acceptors (Lipinski definition) is 8. The summed E-state index contributed by atoms with van der Waals surface area (Å²) in [5.41, 5.74) is 1.84. The standard InChI is InChI=1S/C27H17NO7/c1-32-15-4-6-20-18(10-15)25(30)19(13-33-20)17-11-23(29)34-21-7-5-16-26(31)22(35-27(16)24(17)21)9-14-3-2-8-28-12-14/h2-10,12-13,17H,11H2,1H3/b22-9-. The van der Waals surface area contributed by atoms with Crippen molar-refractivity contribution >= 4 is 28.8 Å². The third kappa shape index (κ3) is 3.38. The van der Waals surface area contributed by atoms with Gasteiger partial charge in [-0.25, -0.2) is 0 Å². The summed E-state index contributed by atoms with van der Waals surface area (Å²) in [5.74, 6) is -0.396. The minimum Gasteiger partial charge on any atom is -0.497 e. The van der Waals surface area contributed by atoms with Crippen molar-refractivity contribution in [3.05, 3.63) is 99.4 Å². The Kier molecular flexibility index (Phi) is 4.74. The molecule has 6 rings (SSSR count). The molecule has 4 heterocycles. The van der Waals surface area contributed by atoms with Crippen LogP contribution in [-0.4, -0.2) is 23.8 Å². The Labute approximate surface area is 198 Å². The van der Waals surface area contributed by atoms with Gasteiger partial charge < -0.3 is 18.6 Å². The molecule has 172 valence electrons. The molecule has 0 saturated carbocycles. The zero-order valence-corrected chi connectivity index (χ0v) is 18.4. The highest BCUT2D eigenvalue weighted by Gasteiger charge is 2.39. The van der Waals surface area contributed by atoms with Crippen LogP contribution in [0.4, 0.5) is 0 Å². The SMILES string of the molecule is COc1ccc2occ(C3CC(=O)Oc4ccc5c(c43)O/C(=C\c3cccnc3)C5=O)c(=O)c2c1. The van der Waals surface area contributed by atoms with E-state index in [4.69, 9.17) is 18.6 Å². The van der Waals surface area contributed by atoms with Gasteiger partial charge in [-0.05, 0) is 48.0 Å². The summed E-state index contributed by atoms with van der Waals surface area (Å²) < 4.78 is 22.4. The monoisotopic (exact) mass is 467 g/mol. The predicted octanol–water partition coefficient (Wildman–Crippen LogP) is 4.25. The second-order valence-electron chi connectivity index (χ2n) is 8.19. The van der Waals surface area contributed by atoms with Gasteiger partial charge >= 0.3 is 5.97 Å². The molecule has 2 aromatic heterocycles. The molecule has 0 bridgehead atoms. The van der Waals surface area contributed by atoms with E-state index in [0.717, 1.165) is 0 Å². The Bertz CT molecular complexity index is 1620. The maximum Gasteiger partial charge on any atom is 0.312 e. The molecule has 0 radical (unpaired) electrons. The number of fused-ring (bicyclic) bond motifs is 4. The van der Waals surface area contributed by atoms with Gasteiger partial charge in [0.25, 0.3) is 0 Å². The lowest BCUT2D eigenvalue weighted by molar-refractivity contribution is -0.135. The van der Waals surface area contributed by atoms with Gasteiger partial charge in [-0.15, -0.1) is 0 Å². The van der Waals surface area contributed by atoms with Crippen molar-refractivity contribution in [3.63, 3.8) is 0 Å². The Morgan fingerprint density at radius 1 is 1.09 bits per heavy atom. The van der Waals surface area contributed by atoms with E-state index in [1.54, 1.807) is 60.9 Å². The third-order valence-electron chi connectivity index (χ3n) is 6.14. The minimum absolute atomic E-state index is 0.108. The number of nitrogens with zero attached hydrogens (tertiary/aromatic N) is 1. The molecule has 8 nitrogen and oxygen atoms in total. The average molecular weight is 467 g/mol. The number of allylic oxidation sites excluding steroid dienone is 1. The highest BCUT2D eigenvalue weighted by Crippen LogP contribution is 2.48. The molecule has 2 aliphatic heterocycles. The fraction of sp³-hybridized carbons (Fsp3) is 0.111. The second kappa shape index (κ2) is 7.95. The number of benzene rings is 2. The molecule has 2 aromatic carbocycles. The van der Waals surface area contributed by atoms with Crippen LogP contribution in [0.2, 0.25) is 0 Å². The first-order valence-electron chi connectivity index (χ1n) is 10.8. The van der Waals surface area contributed by atoms with Crippen molar-refractivity contribution in [1.82, 2.24) is 4.98 Å². The number of hydrogen-bond donors (Lipinski definition) is 0. The molecule has 35 heavy (non-hydrogen) atoms. The summed E-state index contributed by atoms with van der Waals surface area (Å²) in [5, 5.41) is 0.323. The third-order valence-corrected chi connectivity index (χ3v) is 6.14. The molecule has 0 amide bonds. The van der Waals surface area contributed by atoms with Crippen LogP contribution in [-0.2, 0) is 4.79 Å². The molecule has 1 atom stereocenters. The first kappa shape index (κ1) is 20.9. The van der Waals surface area contributed by atoms with Gasteiger partial charge in [0.2, 0.25) is 5.78 Å². The summed E-state index contributed by atoms with van der Waals surface area (Å²) in [6.45, 7) is 0. The van der Waals surface area contributed by atoms with Crippen LogP contribution < -0.4 is 19.6 Å². The molecule has 8 heteroatoms. The zero-order valence-electron chi connectivity index (χ0n) is 18.4. The first-order valence-corrected chi connectivity index (χ1v) is 10.8. The summed E-state index contributed by atoms with van der Waals surface area (Å²) in [6, 6.07) is 11.6. The van der Waals surface area contributed by atoms with E-state index in [1.807, 2.05) is 0 Å². The van der Waals surface area contributed by atoms with Gasteiger partial charge in [-0.1, -0.05) is 6.07 Å². The predicted molar refractivity (Wildman–Crippen MR) is 125 cm³/mol. The lowest BCUT2D eigenvalue weighted by atomic mass is 9.85. The Hall–Kier alpha value is -4.72. The van der Waals surface area contributed by atoms with Gasteiger partial charge in [0.05, 0.1) is 30.7 Å². The van der Waals surface area contributed by atoms with E-state index in [9.17, 15) is 14.4 Å². The smallest absolute Gasteiger partial charge is 0.312 e. The van der Waals surface area contributed by atoms with Gasteiger partial charge in [-0.3, -0.25) is 19.4 Å². The van der Waals surface area contributed by atoms with Crippen LogP contribution in [0.3, 0.4) is 0 Å². The molecule has 1 unspecified atom stereocenters. The number of carbonyl (C=O) groups is 2. The normalized spacial score (nSPS) is 17.6. The van der Waals surface area contributed by atoms with E-state index in [1.165, 1.54) is 13.4 Å². The van der Waals surface area contributed by atoms with E-state index >= 15 is 0 Å². The lowest BCUT2D eigenvalue weighted by Crippen LogP contribution is -2.25. The van der Waals surface area contributed by atoms with Crippen LogP contribution in [0.25, 0.3) is 17.0 Å². The molecule has 0 fully saturated rings. The van der Waals surface area contributed by atoms with Crippen LogP contribution in [0, 0.1) is 0 Å². The Morgan fingerprint density at radius 3 is 2.77 bits per heavy atom. The average Bonchev–Trinajstić information content (AvgIpc) is 3.19. The topological polar surface area (TPSA) is 105 Å². The van der Waals surface area contributed by atoms with Gasteiger partial charge in [0.1, 0.15) is 22.8 Å². The number of Topliss-reactive ketones (excluding diaryl/α,β-unsaturated/α-hetero) is 1. The van der Waals surface area contributed by atoms with Gasteiger partial charge in [0.15, 0.2) is 11.2 Å². The zero-order chi connectivity index (χ0) is 24.1. The van der Waals surface area contributed by atoms with Crippen molar-refractivity contribution < 1.29 is 28.2 Å².